The molecule has 0 saturated heterocycles. The number of imidazole rings is 1. The Hall–Kier alpha value is -2.09. The van der Waals surface area contributed by atoms with E-state index < -0.39 is 24.0 Å². The van der Waals surface area contributed by atoms with Gasteiger partial charge in [0, 0.05) is 34.0 Å². The first-order chi connectivity index (χ1) is 12.7. The molecule has 0 aliphatic rings. The summed E-state index contributed by atoms with van der Waals surface area (Å²) in [5.41, 5.74) is 1.23. The van der Waals surface area contributed by atoms with Crippen LogP contribution in [0.3, 0.4) is 0 Å². The number of benzene rings is 1. The highest BCUT2D eigenvalue weighted by atomic mass is 35.5. The van der Waals surface area contributed by atoms with Gasteiger partial charge < -0.3 is 14.8 Å². The van der Waals surface area contributed by atoms with Crippen molar-refractivity contribution in [2.45, 2.75) is 38.8 Å². The summed E-state index contributed by atoms with van der Waals surface area (Å²) in [6.45, 7) is 3.76. The normalized spacial score (nSPS) is 13.5. The Kier molecular flexibility index (Phi) is 7.24. The lowest BCUT2D eigenvalue weighted by Crippen LogP contribution is -2.49. The highest BCUT2D eigenvalue weighted by molar-refractivity contribution is 6.34. The Bertz CT molecular complexity index is 802. The zero-order valence-electron chi connectivity index (χ0n) is 14.9. The van der Waals surface area contributed by atoms with Crippen LogP contribution < -0.4 is 5.32 Å². The van der Waals surface area contributed by atoms with Crippen LogP contribution in [0.1, 0.15) is 26.0 Å². The minimum atomic E-state index is -1.14. The van der Waals surface area contributed by atoms with Crippen LogP contribution in [0.25, 0.3) is 5.69 Å². The Morgan fingerprint density at radius 2 is 1.70 bits per heavy atom. The minimum absolute atomic E-state index is 0.0430. The van der Waals surface area contributed by atoms with Crippen LogP contribution in [-0.4, -0.2) is 43.8 Å². The average molecular weight is 414 g/mol. The SMILES string of the molecule is CC(C)C[C@H](N[C@@H](Cc1cncn1-c1cc(Cl)cc(Cl)c1)C(=O)O)C(=O)O. The molecule has 2 rings (SSSR count). The largest absolute Gasteiger partial charge is 0.480 e. The molecule has 0 fully saturated rings. The van der Waals surface area contributed by atoms with Crippen LogP contribution in [0.2, 0.25) is 10.0 Å². The van der Waals surface area contributed by atoms with E-state index in [9.17, 15) is 19.8 Å². The molecule has 1 aromatic heterocycles. The van der Waals surface area contributed by atoms with Crippen LogP contribution in [-0.2, 0) is 16.0 Å². The summed E-state index contributed by atoms with van der Waals surface area (Å²) in [7, 11) is 0. The molecule has 1 aromatic carbocycles. The molecule has 0 bridgehead atoms. The van der Waals surface area contributed by atoms with Gasteiger partial charge in [0.15, 0.2) is 0 Å². The third kappa shape index (κ3) is 5.95. The predicted octanol–water partition coefficient (Wildman–Crippen LogP) is 3.26. The van der Waals surface area contributed by atoms with Gasteiger partial charge in [-0.2, -0.15) is 0 Å². The molecule has 0 spiro atoms. The Morgan fingerprint density at radius 1 is 1.11 bits per heavy atom. The van der Waals surface area contributed by atoms with E-state index in [1.54, 1.807) is 22.8 Å². The number of carboxylic acids is 2. The number of nitrogens with zero attached hydrogens (tertiary/aromatic N) is 2. The number of halogens is 2. The zero-order chi connectivity index (χ0) is 20.1. The van der Waals surface area contributed by atoms with Gasteiger partial charge in [-0.25, -0.2) is 4.98 Å². The second kappa shape index (κ2) is 9.21. The van der Waals surface area contributed by atoms with Crippen molar-refractivity contribution in [1.29, 1.82) is 0 Å². The maximum atomic E-state index is 11.7. The van der Waals surface area contributed by atoms with Gasteiger partial charge >= 0.3 is 11.9 Å². The number of aliphatic carboxylic acids is 2. The van der Waals surface area contributed by atoms with E-state index in [1.807, 2.05) is 13.8 Å². The van der Waals surface area contributed by atoms with Crippen LogP contribution in [0.4, 0.5) is 0 Å². The van der Waals surface area contributed by atoms with Crippen molar-refractivity contribution >= 4 is 35.1 Å². The van der Waals surface area contributed by atoms with Crippen molar-refractivity contribution < 1.29 is 19.8 Å². The van der Waals surface area contributed by atoms with Crippen LogP contribution in [0.15, 0.2) is 30.7 Å². The Labute approximate surface area is 166 Å². The summed E-state index contributed by atoms with van der Waals surface area (Å²) in [6, 6.07) is 2.91. The average Bonchev–Trinajstić information content (AvgIpc) is 3.00. The molecule has 0 aliphatic carbocycles. The lowest BCUT2D eigenvalue weighted by atomic mass is 10.0. The fourth-order valence-corrected chi connectivity index (χ4v) is 3.28. The highest BCUT2D eigenvalue weighted by Gasteiger charge is 2.27. The molecule has 27 heavy (non-hydrogen) atoms. The molecular weight excluding hydrogens is 393 g/mol. The molecule has 2 aromatic rings. The van der Waals surface area contributed by atoms with Gasteiger partial charge in [0.2, 0.25) is 0 Å². The fourth-order valence-electron chi connectivity index (χ4n) is 2.77. The minimum Gasteiger partial charge on any atom is -0.480 e. The van der Waals surface area contributed by atoms with Gasteiger partial charge in [-0.15, -0.1) is 0 Å². The summed E-state index contributed by atoms with van der Waals surface area (Å²) < 4.78 is 1.67. The summed E-state index contributed by atoms with van der Waals surface area (Å²) >= 11 is 12.1. The van der Waals surface area contributed by atoms with Crippen LogP contribution in [0.5, 0.6) is 0 Å². The molecule has 3 N–H and O–H groups in total. The van der Waals surface area contributed by atoms with Gasteiger partial charge in [-0.1, -0.05) is 37.0 Å². The van der Waals surface area contributed by atoms with E-state index in [0.717, 1.165) is 0 Å². The molecule has 0 radical (unpaired) electrons. The topological polar surface area (TPSA) is 104 Å². The summed E-state index contributed by atoms with van der Waals surface area (Å²) in [4.78, 5) is 27.2. The van der Waals surface area contributed by atoms with Crippen molar-refractivity contribution in [3.05, 3.63) is 46.5 Å². The van der Waals surface area contributed by atoms with Gasteiger partial charge in [-0.3, -0.25) is 14.9 Å². The number of hydrogen-bond acceptors (Lipinski definition) is 4. The molecule has 7 nitrogen and oxygen atoms in total. The van der Waals surface area contributed by atoms with Crippen molar-refractivity contribution in [3.63, 3.8) is 0 Å². The van der Waals surface area contributed by atoms with E-state index >= 15 is 0 Å². The smallest absolute Gasteiger partial charge is 0.321 e. The van der Waals surface area contributed by atoms with E-state index in [4.69, 9.17) is 23.2 Å². The second-order valence-electron chi connectivity index (χ2n) is 6.66. The fraction of sp³-hybridized carbons (Fsp3) is 0.389. The monoisotopic (exact) mass is 413 g/mol. The van der Waals surface area contributed by atoms with Crippen molar-refractivity contribution in [2.75, 3.05) is 0 Å². The van der Waals surface area contributed by atoms with Gasteiger partial charge in [0.25, 0.3) is 0 Å². The molecule has 1 heterocycles. The summed E-state index contributed by atoms with van der Waals surface area (Å²) in [5, 5.41) is 22.5. The number of rotatable bonds is 9. The molecule has 0 unspecified atom stereocenters. The highest BCUT2D eigenvalue weighted by Crippen LogP contribution is 2.23. The van der Waals surface area contributed by atoms with Crippen molar-refractivity contribution in [1.82, 2.24) is 14.9 Å². The maximum Gasteiger partial charge on any atom is 0.321 e. The third-order valence-corrected chi connectivity index (χ3v) is 4.40. The molecule has 0 saturated carbocycles. The quantitative estimate of drug-likeness (QED) is 0.582. The third-order valence-electron chi connectivity index (χ3n) is 3.96. The predicted molar refractivity (Wildman–Crippen MR) is 103 cm³/mol. The molecule has 0 amide bonds. The van der Waals surface area contributed by atoms with Crippen LogP contribution >= 0.6 is 23.2 Å². The number of aromatic nitrogens is 2. The van der Waals surface area contributed by atoms with Gasteiger partial charge in [0.1, 0.15) is 12.1 Å². The lowest BCUT2D eigenvalue weighted by molar-refractivity contribution is -0.142. The van der Waals surface area contributed by atoms with Crippen molar-refractivity contribution in [2.24, 2.45) is 5.92 Å². The molecule has 9 heteroatoms. The number of carboxylic acid groups (broad SMARTS) is 2. The first-order valence-electron chi connectivity index (χ1n) is 8.36. The van der Waals surface area contributed by atoms with Crippen molar-refractivity contribution in [3.8, 4) is 5.69 Å². The standard InChI is InChI=1S/C18H21Cl2N3O4/c1-10(2)3-15(17(24)25)22-16(18(26)27)7-14-8-21-9-23(14)13-5-11(19)4-12(20)6-13/h4-6,8-10,15-16,22H,3,7H2,1-2H3,(H,24,25)(H,26,27)/t15-,16-/m0/s1. The van der Waals surface area contributed by atoms with E-state index in [2.05, 4.69) is 10.3 Å². The molecule has 0 aliphatic heterocycles. The first-order valence-corrected chi connectivity index (χ1v) is 9.12. The van der Waals surface area contributed by atoms with Gasteiger partial charge in [0.05, 0.1) is 6.33 Å². The van der Waals surface area contributed by atoms with E-state index in [-0.39, 0.29) is 12.3 Å². The number of carbonyl (C=O) groups is 2. The Balaban J connectivity index is 2.26. The molecule has 146 valence electrons. The number of nitrogens with one attached hydrogen (secondary N) is 1. The summed E-state index contributed by atoms with van der Waals surface area (Å²) in [5.74, 6) is -2.11. The number of hydrogen-bond donors (Lipinski definition) is 3. The zero-order valence-corrected chi connectivity index (χ0v) is 16.4. The first kappa shape index (κ1) is 21.2. The Morgan fingerprint density at radius 3 is 2.22 bits per heavy atom. The lowest BCUT2D eigenvalue weighted by Gasteiger charge is -2.22. The summed E-state index contributed by atoms with van der Waals surface area (Å²) in [6.07, 6.45) is 3.42. The van der Waals surface area contributed by atoms with E-state index in [1.165, 1.54) is 12.5 Å². The molecular formula is C18H21Cl2N3O4. The maximum absolute atomic E-state index is 11.7. The second-order valence-corrected chi connectivity index (χ2v) is 7.54. The van der Waals surface area contributed by atoms with Crippen LogP contribution in [0, 0.1) is 5.92 Å². The van der Waals surface area contributed by atoms with Gasteiger partial charge in [-0.05, 0) is 30.5 Å². The van der Waals surface area contributed by atoms with E-state index in [0.29, 0.717) is 27.8 Å². The molecule has 2 atom stereocenters.